The third kappa shape index (κ3) is 14.7. The molecule has 0 amide bonds. The van der Waals surface area contributed by atoms with E-state index in [-0.39, 0.29) is 38.9 Å². The molecule has 2 saturated heterocycles. The van der Waals surface area contributed by atoms with Gasteiger partial charge in [0.05, 0.1) is 45.6 Å². The molecule has 0 radical (unpaired) electrons. The average Bonchev–Trinajstić information content (AvgIpc) is 3.59. The zero-order valence-corrected chi connectivity index (χ0v) is 44.3. The molecule has 2 heterocycles. The first-order valence-corrected chi connectivity index (χ1v) is 26.9. The van der Waals surface area contributed by atoms with Crippen LogP contribution in [-0.4, -0.2) is 121 Å². The van der Waals surface area contributed by atoms with E-state index in [0.29, 0.717) is 5.75 Å². The highest BCUT2D eigenvalue weighted by molar-refractivity contribution is 7.99. The second-order valence-corrected chi connectivity index (χ2v) is 19.6. The first-order chi connectivity index (χ1) is 39.5. The fraction of sp³-hybridized carbons (Fsp3) is 0.222. The van der Waals surface area contributed by atoms with Crippen LogP contribution in [0.15, 0.2) is 212 Å². The molecule has 2 aliphatic rings. The standard InChI is InChI=1S/C63H54O17S/c1-2-81-63-54(80-61(70)46-36-22-9-23-37-46)52(78-59(68)44-32-18-7-19-33-44)50(76-57(66)42-28-14-5-15-29-42)48(74-63)39-72-62-53(79-60(69)45-34-20-8-21-35-45)51(77-58(67)43-30-16-6-17-31-43)49(75-56(65)41-26-12-4-13-27-41)47(73-62)38-71-55(64)40-24-10-3-11-25-40/h3-37,47-54,62-63H,2,38-39H2,1H3/t47-,48-,49-,50-,51+,52+,53-,54-,62-,63+/m1/s1. The van der Waals surface area contributed by atoms with Crippen LogP contribution in [0.4, 0.5) is 0 Å². The maximum Gasteiger partial charge on any atom is 0.338 e. The van der Waals surface area contributed by atoms with Crippen LogP contribution < -0.4 is 0 Å². The van der Waals surface area contributed by atoms with Crippen molar-refractivity contribution in [3.05, 3.63) is 251 Å². The molecular formula is C63H54O17S. The topological polar surface area (TPSA) is 212 Å². The van der Waals surface area contributed by atoms with Gasteiger partial charge in [-0.1, -0.05) is 134 Å². The van der Waals surface area contributed by atoms with Crippen molar-refractivity contribution >= 4 is 53.5 Å². The van der Waals surface area contributed by atoms with Crippen molar-refractivity contribution in [1.82, 2.24) is 0 Å². The van der Waals surface area contributed by atoms with Crippen LogP contribution in [0, 0.1) is 0 Å². The number of benzene rings is 7. The third-order valence-electron chi connectivity index (χ3n) is 12.8. The van der Waals surface area contributed by atoms with E-state index < -0.39 is 116 Å². The van der Waals surface area contributed by atoms with E-state index in [1.54, 1.807) is 140 Å². The summed E-state index contributed by atoms with van der Waals surface area (Å²) in [5.74, 6) is -5.76. The minimum atomic E-state index is -1.83. The molecule has 0 N–H and O–H groups in total. The van der Waals surface area contributed by atoms with Gasteiger partial charge in [0.25, 0.3) is 0 Å². The summed E-state index contributed by atoms with van der Waals surface area (Å²) in [6.07, 6.45) is -14.8. The van der Waals surface area contributed by atoms with Crippen LogP contribution in [0.1, 0.15) is 79.4 Å². The molecule has 2 fully saturated rings. The van der Waals surface area contributed by atoms with Crippen molar-refractivity contribution in [1.29, 1.82) is 0 Å². The number of esters is 7. The molecule has 17 nitrogen and oxygen atoms in total. The third-order valence-corrected chi connectivity index (χ3v) is 13.9. The molecule has 9 rings (SSSR count). The van der Waals surface area contributed by atoms with Crippen molar-refractivity contribution < 1.29 is 80.9 Å². The van der Waals surface area contributed by atoms with Gasteiger partial charge in [-0.3, -0.25) is 0 Å². The average molecular weight is 1120 g/mol. The van der Waals surface area contributed by atoms with Crippen molar-refractivity contribution in [2.24, 2.45) is 0 Å². The van der Waals surface area contributed by atoms with Crippen LogP contribution in [0.2, 0.25) is 0 Å². The summed E-state index contributed by atoms with van der Waals surface area (Å²) in [5, 5.41) is 0. The van der Waals surface area contributed by atoms with Gasteiger partial charge in [-0.25, -0.2) is 33.6 Å². The van der Waals surface area contributed by atoms with E-state index in [0.717, 1.165) is 0 Å². The summed E-state index contributed by atoms with van der Waals surface area (Å²) >= 11 is 1.19. The van der Waals surface area contributed by atoms with Gasteiger partial charge in [-0.05, 0) is 90.7 Å². The molecule has 0 saturated carbocycles. The lowest BCUT2D eigenvalue weighted by molar-refractivity contribution is -0.309. The molecular weight excluding hydrogens is 1060 g/mol. The monoisotopic (exact) mass is 1110 g/mol. The van der Waals surface area contributed by atoms with Crippen LogP contribution in [0.25, 0.3) is 0 Å². The Bertz CT molecular complexity index is 3210. The predicted octanol–water partition coefficient (Wildman–Crippen LogP) is 9.42. The van der Waals surface area contributed by atoms with Gasteiger partial charge in [0.1, 0.15) is 24.3 Å². The van der Waals surface area contributed by atoms with E-state index in [4.69, 9.17) is 47.4 Å². The van der Waals surface area contributed by atoms with E-state index in [9.17, 15) is 33.6 Å². The molecule has 81 heavy (non-hydrogen) atoms. The largest absolute Gasteiger partial charge is 0.459 e. The van der Waals surface area contributed by atoms with Crippen LogP contribution >= 0.6 is 11.8 Å². The Morgan fingerprint density at radius 3 is 0.938 bits per heavy atom. The molecule has 0 aliphatic carbocycles. The number of hydrogen-bond donors (Lipinski definition) is 0. The highest BCUT2D eigenvalue weighted by Crippen LogP contribution is 2.37. The summed E-state index contributed by atoms with van der Waals surface area (Å²) in [5.41, 5.74) is -0.378. The molecule has 0 spiro atoms. The Balaban J connectivity index is 1.14. The molecule has 0 bridgehead atoms. The quantitative estimate of drug-likeness (QED) is 0.0514. The van der Waals surface area contributed by atoms with Gasteiger partial charge >= 0.3 is 41.8 Å². The minimum absolute atomic E-state index is 0.0585. The Labute approximate surface area is 470 Å². The van der Waals surface area contributed by atoms with E-state index in [1.807, 2.05) is 6.92 Å². The van der Waals surface area contributed by atoms with Crippen molar-refractivity contribution in [2.75, 3.05) is 19.0 Å². The zero-order chi connectivity index (χ0) is 56.5. The smallest absolute Gasteiger partial charge is 0.338 e. The molecule has 7 aromatic carbocycles. The van der Waals surface area contributed by atoms with Crippen LogP contribution in [-0.2, 0) is 47.4 Å². The summed E-state index contributed by atoms with van der Waals surface area (Å²) in [6, 6.07) is 55.7. The molecule has 414 valence electrons. The highest BCUT2D eigenvalue weighted by Gasteiger charge is 2.56. The molecule has 0 unspecified atom stereocenters. The Kier molecular flexibility index (Phi) is 19.5. The Morgan fingerprint density at radius 1 is 0.333 bits per heavy atom. The fourth-order valence-electron chi connectivity index (χ4n) is 8.86. The highest BCUT2D eigenvalue weighted by atomic mass is 32.2. The number of hydrogen-bond acceptors (Lipinski definition) is 18. The molecule has 10 atom stereocenters. The fourth-order valence-corrected chi connectivity index (χ4v) is 9.81. The van der Waals surface area contributed by atoms with Crippen molar-refractivity contribution in [2.45, 2.75) is 67.5 Å². The zero-order valence-electron chi connectivity index (χ0n) is 43.5. The maximum absolute atomic E-state index is 14.4. The first kappa shape index (κ1) is 56.8. The molecule has 7 aromatic rings. The lowest BCUT2D eigenvalue weighted by Crippen LogP contribution is -2.64. The SMILES string of the molecule is CCS[C@@H]1O[C@H](CO[C@@H]2O[C@H](COC(=O)c3ccccc3)[C@@H](OC(=O)c3ccccc3)[C@H](OC(=O)c3ccccc3)[C@H]2OC(=O)c2ccccc2)[C@@H](OC(=O)c2ccccc2)[C@H](OC(=O)c2ccccc2)[C@H]1OC(=O)c1ccccc1. The summed E-state index contributed by atoms with van der Waals surface area (Å²) in [6.45, 7) is 0.518. The number of carbonyl (C=O) groups excluding carboxylic acids is 7. The lowest BCUT2D eigenvalue weighted by atomic mass is 9.97. The van der Waals surface area contributed by atoms with Gasteiger partial charge in [-0.2, -0.15) is 0 Å². The summed E-state index contributed by atoms with van der Waals surface area (Å²) < 4.78 is 63.4. The lowest BCUT2D eigenvalue weighted by Gasteiger charge is -2.46. The Morgan fingerprint density at radius 2 is 0.605 bits per heavy atom. The van der Waals surface area contributed by atoms with Gasteiger partial charge in [-0.15, -0.1) is 11.8 Å². The second kappa shape index (κ2) is 27.8. The van der Waals surface area contributed by atoms with Gasteiger partial charge in [0.15, 0.2) is 42.9 Å². The normalized spacial score (nSPS) is 22.1. The summed E-state index contributed by atoms with van der Waals surface area (Å²) in [7, 11) is 0. The van der Waals surface area contributed by atoms with Crippen LogP contribution in [0.5, 0.6) is 0 Å². The number of rotatable bonds is 20. The van der Waals surface area contributed by atoms with Crippen molar-refractivity contribution in [3.8, 4) is 0 Å². The number of ether oxygens (including phenoxy) is 10. The maximum atomic E-state index is 14.4. The van der Waals surface area contributed by atoms with Crippen LogP contribution in [0.3, 0.4) is 0 Å². The molecule has 2 aliphatic heterocycles. The number of carbonyl (C=O) groups is 7. The molecule has 18 heteroatoms. The van der Waals surface area contributed by atoms with Crippen molar-refractivity contribution in [3.63, 3.8) is 0 Å². The van der Waals surface area contributed by atoms with E-state index in [2.05, 4.69) is 0 Å². The molecule has 0 aromatic heterocycles. The Hall–Kier alpha value is -8.94. The van der Waals surface area contributed by atoms with Gasteiger partial charge in [0.2, 0.25) is 0 Å². The van der Waals surface area contributed by atoms with E-state index >= 15 is 0 Å². The van der Waals surface area contributed by atoms with Gasteiger partial charge < -0.3 is 47.4 Å². The minimum Gasteiger partial charge on any atom is -0.459 e. The first-order valence-electron chi connectivity index (χ1n) is 25.9. The van der Waals surface area contributed by atoms with Gasteiger partial charge in [0, 0.05) is 0 Å². The second-order valence-electron chi connectivity index (χ2n) is 18.3. The summed E-state index contributed by atoms with van der Waals surface area (Å²) in [4.78, 5) is 99.1. The predicted molar refractivity (Wildman–Crippen MR) is 292 cm³/mol. The van der Waals surface area contributed by atoms with E-state index in [1.165, 1.54) is 84.6 Å². The number of thioether (sulfide) groups is 1.